The molecule has 2 rings (SSSR count). The molecule has 0 bridgehead atoms. The van der Waals surface area contributed by atoms with Gasteiger partial charge in [-0.1, -0.05) is 30.3 Å². The van der Waals surface area contributed by atoms with Gasteiger partial charge in [-0.2, -0.15) is 0 Å². The SMILES string of the molecule is CS(=O)(=O)CCC(=O)N(CCc1ccccc1)Cc1ccncc1. The molecule has 1 aromatic carbocycles. The first-order valence-electron chi connectivity index (χ1n) is 7.82. The highest BCUT2D eigenvalue weighted by molar-refractivity contribution is 7.90. The van der Waals surface area contributed by atoms with Gasteiger partial charge in [0, 0.05) is 38.2 Å². The zero-order valence-corrected chi connectivity index (χ0v) is 14.6. The Balaban J connectivity index is 2.04. The molecule has 0 radical (unpaired) electrons. The second-order valence-corrected chi connectivity index (χ2v) is 8.05. The minimum absolute atomic E-state index is 0.0126. The fourth-order valence-electron chi connectivity index (χ4n) is 2.34. The van der Waals surface area contributed by atoms with Gasteiger partial charge in [0.05, 0.1) is 5.75 Å². The summed E-state index contributed by atoms with van der Waals surface area (Å²) in [7, 11) is -3.15. The number of sulfone groups is 1. The van der Waals surface area contributed by atoms with Gasteiger partial charge in [0.2, 0.25) is 5.91 Å². The monoisotopic (exact) mass is 346 g/mol. The lowest BCUT2D eigenvalue weighted by molar-refractivity contribution is -0.131. The average molecular weight is 346 g/mol. The predicted octanol–water partition coefficient (Wildman–Crippen LogP) is 2.09. The van der Waals surface area contributed by atoms with Gasteiger partial charge >= 0.3 is 0 Å². The Hall–Kier alpha value is -2.21. The third-order valence-electron chi connectivity index (χ3n) is 3.68. The van der Waals surface area contributed by atoms with Gasteiger partial charge in [0.25, 0.3) is 0 Å². The molecule has 0 spiro atoms. The molecule has 0 unspecified atom stereocenters. The molecule has 1 heterocycles. The third-order valence-corrected chi connectivity index (χ3v) is 4.62. The standard InChI is InChI=1S/C18H22N2O3S/c1-24(22,23)14-10-18(21)20(15-17-7-11-19-12-8-17)13-9-16-5-3-2-4-6-16/h2-8,11-12H,9-10,13-15H2,1H3. The number of pyridine rings is 1. The summed E-state index contributed by atoms with van der Waals surface area (Å²) < 4.78 is 22.6. The van der Waals surface area contributed by atoms with Crippen LogP contribution >= 0.6 is 0 Å². The summed E-state index contributed by atoms with van der Waals surface area (Å²) in [5, 5.41) is 0. The number of carbonyl (C=O) groups excluding carboxylic acids is 1. The van der Waals surface area contributed by atoms with E-state index in [4.69, 9.17) is 0 Å². The predicted molar refractivity (Wildman–Crippen MR) is 94.1 cm³/mol. The first-order chi connectivity index (χ1) is 11.4. The lowest BCUT2D eigenvalue weighted by Gasteiger charge is -2.23. The van der Waals surface area contributed by atoms with Crippen molar-refractivity contribution in [3.63, 3.8) is 0 Å². The van der Waals surface area contributed by atoms with Crippen LogP contribution in [0.5, 0.6) is 0 Å². The third kappa shape index (κ3) is 6.50. The van der Waals surface area contributed by atoms with Gasteiger partial charge in [0.15, 0.2) is 0 Å². The van der Waals surface area contributed by atoms with Crippen molar-refractivity contribution in [3.05, 3.63) is 66.0 Å². The Morgan fingerprint density at radius 3 is 2.33 bits per heavy atom. The van der Waals surface area contributed by atoms with Gasteiger partial charge < -0.3 is 4.90 Å². The number of rotatable bonds is 8. The molecule has 0 aliphatic heterocycles. The van der Waals surface area contributed by atoms with Crippen molar-refractivity contribution in [2.45, 2.75) is 19.4 Å². The van der Waals surface area contributed by atoms with Gasteiger partial charge in [-0.05, 0) is 29.7 Å². The quantitative estimate of drug-likeness (QED) is 0.734. The lowest BCUT2D eigenvalue weighted by atomic mass is 10.1. The zero-order valence-electron chi connectivity index (χ0n) is 13.8. The Bertz CT molecular complexity index is 746. The molecule has 1 amide bonds. The molecule has 128 valence electrons. The van der Waals surface area contributed by atoms with Crippen molar-refractivity contribution in [1.29, 1.82) is 0 Å². The van der Waals surface area contributed by atoms with Crippen LogP contribution in [0.15, 0.2) is 54.9 Å². The molecular weight excluding hydrogens is 324 g/mol. The molecule has 24 heavy (non-hydrogen) atoms. The molecular formula is C18H22N2O3S. The van der Waals surface area contributed by atoms with Crippen molar-refractivity contribution in [1.82, 2.24) is 9.88 Å². The number of carbonyl (C=O) groups is 1. The molecule has 0 atom stereocenters. The summed E-state index contributed by atoms with van der Waals surface area (Å²) >= 11 is 0. The fourth-order valence-corrected chi connectivity index (χ4v) is 2.89. The van der Waals surface area contributed by atoms with Crippen LogP contribution in [0.4, 0.5) is 0 Å². The van der Waals surface area contributed by atoms with E-state index in [1.165, 1.54) is 0 Å². The maximum Gasteiger partial charge on any atom is 0.223 e. The molecule has 0 saturated carbocycles. The second kappa shape index (κ2) is 8.59. The van der Waals surface area contributed by atoms with E-state index in [9.17, 15) is 13.2 Å². The number of benzene rings is 1. The number of aromatic nitrogens is 1. The van der Waals surface area contributed by atoms with Gasteiger partial charge in [-0.25, -0.2) is 8.42 Å². The van der Waals surface area contributed by atoms with E-state index in [0.29, 0.717) is 13.1 Å². The highest BCUT2D eigenvalue weighted by Gasteiger charge is 2.16. The first-order valence-corrected chi connectivity index (χ1v) is 9.88. The van der Waals surface area contributed by atoms with Crippen molar-refractivity contribution < 1.29 is 13.2 Å². The van der Waals surface area contributed by atoms with Gasteiger partial charge in [-0.3, -0.25) is 9.78 Å². The minimum Gasteiger partial charge on any atom is -0.338 e. The summed E-state index contributed by atoms with van der Waals surface area (Å²) in [6, 6.07) is 13.6. The van der Waals surface area contributed by atoms with E-state index in [-0.39, 0.29) is 18.1 Å². The van der Waals surface area contributed by atoms with Crippen LogP contribution in [0.3, 0.4) is 0 Å². The molecule has 5 nitrogen and oxygen atoms in total. The first kappa shape index (κ1) is 18.1. The van der Waals surface area contributed by atoms with Crippen LogP contribution in [0, 0.1) is 0 Å². The maximum atomic E-state index is 12.5. The molecule has 0 aliphatic carbocycles. The Kier molecular flexibility index (Phi) is 6.49. The molecule has 0 N–H and O–H groups in total. The summed E-state index contributed by atoms with van der Waals surface area (Å²) in [6.45, 7) is 1.01. The van der Waals surface area contributed by atoms with E-state index < -0.39 is 9.84 Å². The van der Waals surface area contributed by atoms with E-state index >= 15 is 0 Å². The lowest BCUT2D eigenvalue weighted by Crippen LogP contribution is -2.33. The maximum absolute atomic E-state index is 12.5. The molecule has 1 aromatic heterocycles. The van der Waals surface area contributed by atoms with Crippen molar-refractivity contribution >= 4 is 15.7 Å². The second-order valence-electron chi connectivity index (χ2n) is 5.79. The molecule has 2 aromatic rings. The van der Waals surface area contributed by atoms with Gasteiger partial charge in [0.1, 0.15) is 9.84 Å². The Morgan fingerprint density at radius 2 is 1.71 bits per heavy atom. The van der Waals surface area contributed by atoms with E-state index in [2.05, 4.69) is 4.98 Å². The van der Waals surface area contributed by atoms with Crippen molar-refractivity contribution in [2.75, 3.05) is 18.6 Å². The largest absolute Gasteiger partial charge is 0.338 e. The highest BCUT2D eigenvalue weighted by atomic mass is 32.2. The fraction of sp³-hybridized carbons (Fsp3) is 0.333. The van der Waals surface area contributed by atoms with Crippen LogP contribution in [0.2, 0.25) is 0 Å². The zero-order chi connectivity index (χ0) is 17.4. The highest BCUT2D eigenvalue weighted by Crippen LogP contribution is 2.09. The number of hydrogen-bond acceptors (Lipinski definition) is 4. The smallest absolute Gasteiger partial charge is 0.223 e. The minimum atomic E-state index is -3.15. The van der Waals surface area contributed by atoms with E-state index in [0.717, 1.165) is 23.8 Å². The van der Waals surface area contributed by atoms with E-state index in [1.54, 1.807) is 17.3 Å². The van der Waals surface area contributed by atoms with E-state index in [1.807, 2.05) is 42.5 Å². The number of nitrogens with zero attached hydrogens (tertiary/aromatic N) is 2. The number of hydrogen-bond donors (Lipinski definition) is 0. The molecule has 0 aliphatic rings. The number of amides is 1. The van der Waals surface area contributed by atoms with Crippen LogP contribution in [-0.4, -0.2) is 42.8 Å². The molecule has 0 fully saturated rings. The summed E-state index contributed by atoms with van der Waals surface area (Å²) in [4.78, 5) is 18.2. The van der Waals surface area contributed by atoms with Crippen LogP contribution in [0.1, 0.15) is 17.5 Å². The average Bonchev–Trinajstić information content (AvgIpc) is 2.57. The molecule has 0 saturated heterocycles. The Morgan fingerprint density at radius 1 is 1.04 bits per heavy atom. The van der Waals surface area contributed by atoms with Gasteiger partial charge in [-0.15, -0.1) is 0 Å². The topological polar surface area (TPSA) is 67.3 Å². The molecule has 6 heteroatoms. The van der Waals surface area contributed by atoms with Crippen LogP contribution in [0.25, 0.3) is 0 Å². The Labute approximate surface area is 143 Å². The van der Waals surface area contributed by atoms with Crippen molar-refractivity contribution in [2.24, 2.45) is 0 Å². The summed E-state index contributed by atoms with van der Waals surface area (Å²) in [6.07, 6.45) is 5.27. The van der Waals surface area contributed by atoms with Crippen LogP contribution in [-0.2, 0) is 27.6 Å². The summed E-state index contributed by atoms with van der Waals surface area (Å²) in [5.41, 5.74) is 2.12. The van der Waals surface area contributed by atoms with Crippen molar-refractivity contribution in [3.8, 4) is 0 Å². The summed E-state index contributed by atoms with van der Waals surface area (Å²) in [5.74, 6) is -0.266. The van der Waals surface area contributed by atoms with Crippen LogP contribution < -0.4 is 0 Å². The normalized spacial score (nSPS) is 11.2.